The van der Waals surface area contributed by atoms with Gasteiger partial charge in [-0.3, -0.25) is 4.68 Å². The van der Waals surface area contributed by atoms with Gasteiger partial charge in [0.15, 0.2) is 0 Å². The number of aromatic nitrogens is 2. The maximum absolute atomic E-state index is 4.50. The maximum atomic E-state index is 4.50. The van der Waals surface area contributed by atoms with Gasteiger partial charge in [0.1, 0.15) is 0 Å². The number of fused-ring (bicyclic) bond motifs is 1. The molecule has 0 radical (unpaired) electrons. The van der Waals surface area contributed by atoms with Crippen LogP contribution < -0.4 is 5.32 Å². The number of thiophene rings is 1. The Labute approximate surface area is 126 Å². The zero-order valence-corrected chi connectivity index (χ0v) is 13.4. The van der Waals surface area contributed by atoms with Crippen LogP contribution in [0.4, 0.5) is 0 Å². The Balaban J connectivity index is 1.71. The zero-order valence-electron chi connectivity index (χ0n) is 11.0. The summed E-state index contributed by atoms with van der Waals surface area (Å²) in [4.78, 5) is 1.38. The highest BCUT2D eigenvalue weighted by Crippen LogP contribution is 2.30. The van der Waals surface area contributed by atoms with Gasteiger partial charge in [-0.15, -0.1) is 11.3 Å². The van der Waals surface area contributed by atoms with E-state index in [2.05, 4.69) is 56.3 Å². The van der Waals surface area contributed by atoms with Crippen molar-refractivity contribution in [2.24, 2.45) is 0 Å². The third kappa shape index (κ3) is 2.78. The number of hydrogen-bond donors (Lipinski definition) is 1. The summed E-state index contributed by atoms with van der Waals surface area (Å²) in [5, 5.41) is 8.18. The van der Waals surface area contributed by atoms with Gasteiger partial charge in [-0.2, -0.15) is 5.10 Å². The number of rotatable bonds is 4. The van der Waals surface area contributed by atoms with Gasteiger partial charge in [0.05, 0.1) is 9.98 Å². The van der Waals surface area contributed by atoms with E-state index in [-0.39, 0.29) is 0 Å². The van der Waals surface area contributed by atoms with E-state index in [9.17, 15) is 0 Å². The number of hydrogen-bond acceptors (Lipinski definition) is 3. The minimum absolute atomic E-state index is 0.463. The lowest BCUT2D eigenvalue weighted by Gasteiger charge is -2.24. The third-order valence-corrected chi connectivity index (χ3v) is 5.34. The molecule has 1 atom stereocenters. The van der Waals surface area contributed by atoms with Crippen LogP contribution in [0.25, 0.3) is 0 Å². The first-order valence-electron chi connectivity index (χ1n) is 6.80. The Hall–Kier alpha value is -0.650. The number of nitrogens with one attached hydrogen (secondary N) is 1. The summed E-state index contributed by atoms with van der Waals surface area (Å²) in [5.74, 6) is 0. The van der Waals surface area contributed by atoms with Crippen molar-refractivity contribution in [2.75, 3.05) is 0 Å². The molecular weight excluding hydrogens is 322 g/mol. The Morgan fingerprint density at radius 2 is 2.42 bits per heavy atom. The molecule has 2 heterocycles. The van der Waals surface area contributed by atoms with Crippen LogP contribution in [-0.2, 0) is 19.5 Å². The maximum Gasteiger partial charge on any atom is 0.0701 e. The van der Waals surface area contributed by atoms with Crippen LogP contribution in [0, 0.1) is 0 Å². The molecule has 3 nitrogen and oxygen atoms in total. The van der Waals surface area contributed by atoms with E-state index in [0.717, 1.165) is 13.1 Å². The van der Waals surface area contributed by atoms with Crippen molar-refractivity contribution < 1.29 is 0 Å². The Kier molecular flexibility index (Phi) is 4.05. The van der Waals surface area contributed by atoms with E-state index in [1.165, 1.54) is 39.2 Å². The smallest absolute Gasteiger partial charge is 0.0701 e. The first-order valence-corrected chi connectivity index (χ1v) is 8.41. The highest BCUT2D eigenvalue weighted by atomic mass is 79.9. The Bertz CT molecular complexity index is 561. The highest BCUT2D eigenvalue weighted by molar-refractivity contribution is 9.11. The van der Waals surface area contributed by atoms with Crippen molar-refractivity contribution in [1.82, 2.24) is 15.1 Å². The normalized spacial score (nSPS) is 18.5. The van der Waals surface area contributed by atoms with Crippen molar-refractivity contribution in [3.05, 3.63) is 38.3 Å². The van der Waals surface area contributed by atoms with E-state index in [1.807, 2.05) is 0 Å². The molecule has 3 rings (SSSR count). The lowest BCUT2D eigenvalue weighted by molar-refractivity contribution is 0.449. The minimum Gasteiger partial charge on any atom is -0.305 e. The quantitative estimate of drug-likeness (QED) is 0.915. The highest BCUT2D eigenvalue weighted by Gasteiger charge is 2.23. The first kappa shape index (κ1) is 13.3. The molecule has 0 saturated heterocycles. The zero-order chi connectivity index (χ0) is 13.2. The first-order chi connectivity index (χ1) is 9.28. The van der Waals surface area contributed by atoms with Crippen LogP contribution in [0.3, 0.4) is 0 Å². The van der Waals surface area contributed by atoms with Crippen molar-refractivity contribution in [2.45, 2.75) is 45.3 Å². The molecule has 5 heteroatoms. The van der Waals surface area contributed by atoms with Gasteiger partial charge < -0.3 is 5.32 Å². The van der Waals surface area contributed by atoms with Gasteiger partial charge in [0.25, 0.3) is 0 Å². The van der Waals surface area contributed by atoms with Crippen LogP contribution in [0.5, 0.6) is 0 Å². The Morgan fingerprint density at radius 3 is 3.16 bits per heavy atom. The van der Waals surface area contributed by atoms with Gasteiger partial charge in [-0.1, -0.05) is 0 Å². The fraction of sp³-hybridized carbons (Fsp3) is 0.500. The molecule has 0 saturated carbocycles. The minimum atomic E-state index is 0.463. The van der Waals surface area contributed by atoms with E-state index < -0.39 is 0 Å². The third-order valence-electron chi connectivity index (χ3n) is 3.71. The number of halogens is 1. The van der Waals surface area contributed by atoms with Crippen molar-refractivity contribution in [1.29, 1.82) is 0 Å². The molecular formula is C14H18BrN3S. The summed E-state index contributed by atoms with van der Waals surface area (Å²) in [6.45, 7) is 4.07. The molecule has 1 N–H and O–H groups in total. The molecule has 2 aromatic rings. The standard InChI is InChI=1S/C14H18BrN3S/c1-2-18-13-5-3-4-12(11(13)9-17-18)16-8-10-6-7-14(15)19-10/h6-7,9,12,16H,2-5,8H2,1H3/t12-/m1/s1. The molecule has 2 aromatic heterocycles. The number of nitrogens with zero attached hydrogens (tertiary/aromatic N) is 2. The molecule has 19 heavy (non-hydrogen) atoms. The SMILES string of the molecule is CCn1ncc2c1CCC[C@H]2NCc1ccc(Br)s1. The van der Waals surface area contributed by atoms with Gasteiger partial charge in [-0.05, 0) is 54.2 Å². The second kappa shape index (κ2) is 5.77. The topological polar surface area (TPSA) is 29.9 Å². The fourth-order valence-electron chi connectivity index (χ4n) is 2.77. The molecule has 0 amide bonds. The van der Waals surface area contributed by atoms with Gasteiger partial charge in [0, 0.05) is 35.3 Å². The lowest BCUT2D eigenvalue weighted by atomic mass is 9.93. The van der Waals surface area contributed by atoms with E-state index in [4.69, 9.17) is 0 Å². The van der Waals surface area contributed by atoms with Crippen LogP contribution in [0.2, 0.25) is 0 Å². The van der Waals surface area contributed by atoms with Crippen molar-refractivity contribution in [3.63, 3.8) is 0 Å². The lowest BCUT2D eigenvalue weighted by Crippen LogP contribution is -2.24. The predicted molar refractivity (Wildman–Crippen MR) is 82.4 cm³/mol. The number of aryl methyl sites for hydroxylation is 1. The monoisotopic (exact) mass is 339 g/mol. The molecule has 1 aliphatic rings. The molecule has 0 aromatic carbocycles. The summed E-state index contributed by atoms with van der Waals surface area (Å²) in [6.07, 6.45) is 5.70. The molecule has 0 aliphatic heterocycles. The van der Waals surface area contributed by atoms with Crippen LogP contribution >= 0.6 is 27.3 Å². The van der Waals surface area contributed by atoms with Crippen LogP contribution in [-0.4, -0.2) is 9.78 Å². The van der Waals surface area contributed by atoms with Crippen molar-refractivity contribution in [3.8, 4) is 0 Å². The fourth-order valence-corrected chi connectivity index (χ4v) is 4.21. The molecule has 0 fully saturated rings. The second-order valence-electron chi connectivity index (χ2n) is 4.89. The Morgan fingerprint density at radius 1 is 1.53 bits per heavy atom. The van der Waals surface area contributed by atoms with Crippen molar-refractivity contribution >= 4 is 27.3 Å². The predicted octanol–water partition coefficient (Wildman–Crippen LogP) is 3.89. The van der Waals surface area contributed by atoms with Crippen LogP contribution in [0.1, 0.15) is 41.9 Å². The average molecular weight is 340 g/mol. The summed E-state index contributed by atoms with van der Waals surface area (Å²) in [7, 11) is 0. The largest absolute Gasteiger partial charge is 0.305 e. The summed E-state index contributed by atoms with van der Waals surface area (Å²) in [6, 6.07) is 4.76. The molecule has 102 valence electrons. The molecule has 0 unspecified atom stereocenters. The molecule has 1 aliphatic carbocycles. The summed E-state index contributed by atoms with van der Waals surface area (Å²) in [5.41, 5.74) is 2.84. The van der Waals surface area contributed by atoms with E-state index in [0.29, 0.717) is 6.04 Å². The molecule has 0 bridgehead atoms. The average Bonchev–Trinajstić information content (AvgIpc) is 3.02. The van der Waals surface area contributed by atoms with E-state index >= 15 is 0 Å². The summed E-state index contributed by atoms with van der Waals surface area (Å²) < 4.78 is 3.35. The van der Waals surface area contributed by atoms with Crippen LogP contribution in [0.15, 0.2) is 22.1 Å². The molecule has 0 spiro atoms. The van der Waals surface area contributed by atoms with Gasteiger partial charge in [-0.25, -0.2) is 0 Å². The second-order valence-corrected chi connectivity index (χ2v) is 7.44. The van der Waals surface area contributed by atoms with E-state index in [1.54, 1.807) is 11.3 Å². The summed E-state index contributed by atoms with van der Waals surface area (Å²) >= 11 is 5.31. The van der Waals surface area contributed by atoms with Gasteiger partial charge in [0.2, 0.25) is 0 Å². The van der Waals surface area contributed by atoms with Gasteiger partial charge >= 0.3 is 0 Å².